The van der Waals surface area contributed by atoms with E-state index in [1.165, 1.54) is 18.3 Å². The van der Waals surface area contributed by atoms with Crippen molar-refractivity contribution < 1.29 is 10.0 Å². The Morgan fingerprint density at radius 3 is 2.84 bits per heavy atom. The molecule has 0 bridgehead atoms. The van der Waals surface area contributed by atoms with Gasteiger partial charge in [0.05, 0.1) is 10.5 Å². The molecule has 0 aliphatic rings. The Labute approximate surface area is 113 Å². The quantitative estimate of drug-likeness (QED) is 0.585. The Bertz CT molecular complexity index is 433. The largest absolute Gasteiger partial charge is 0.388 e. The Morgan fingerprint density at radius 1 is 1.58 bits per heavy atom. The maximum atomic E-state index is 10.8. The first-order chi connectivity index (χ1) is 8.82. The van der Waals surface area contributed by atoms with Gasteiger partial charge in [-0.15, -0.1) is 0 Å². The summed E-state index contributed by atoms with van der Waals surface area (Å²) in [6.07, 6.45) is 3.02. The van der Waals surface area contributed by atoms with Crippen LogP contribution in [0.4, 0.5) is 11.5 Å². The highest BCUT2D eigenvalue weighted by Gasteiger charge is 2.22. The fourth-order valence-electron chi connectivity index (χ4n) is 1.64. The molecule has 106 valence electrons. The number of rotatable bonds is 7. The fourth-order valence-corrected chi connectivity index (χ4v) is 1.64. The van der Waals surface area contributed by atoms with Gasteiger partial charge in [0.1, 0.15) is 0 Å². The van der Waals surface area contributed by atoms with Crippen LogP contribution >= 0.6 is 0 Å². The molecule has 1 unspecified atom stereocenters. The predicted molar refractivity (Wildman–Crippen MR) is 74.1 cm³/mol. The molecule has 1 atom stereocenters. The summed E-state index contributed by atoms with van der Waals surface area (Å²) in [7, 11) is 0. The number of nitro groups is 1. The second kappa shape index (κ2) is 6.47. The Morgan fingerprint density at radius 2 is 2.26 bits per heavy atom. The molecule has 2 N–H and O–H groups in total. The third-order valence-electron chi connectivity index (χ3n) is 2.88. The highest BCUT2D eigenvalue weighted by molar-refractivity contribution is 5.55. The number of nitrogens with zero attached hydrogens (tertiary/aromatic N) is 2. The van der Waals surface area contributed by atoms with Gasteiger partial charge in [0, 0.05) is 18.8 Å². The Hall–Kier alpha value is -1.69. The number of aromatic nitrogens is 1. The molecule has 1 aromatic heterocycles. The molecule has 1 heterocycles. The summed E-state index contributed by atoms with van der Waals surface area (Å²) in [5.74, 6) is 0.702. The number of aliphatic hydroxyl groups is 1. The van der Waals surface area contributed by atoms with Gasteiger partial charge in [0.2, 0.25) is 5.82 Å². The van der Waals surface area contributed by atoms with Crippen LogP contribution in [0, 0.1) is 16.0 Å². The van der Waals surface area contributed by atoms with Crippen LogP contribution in [-0.2, 0) is 0 Å². The molecular formula is C13H21N3O3. The minimum absolute atomic E-state index is 0.0813. The van der Waals surface area contributed by atoms with Gasteiger partial charge in [-0.25, -0.2) is 4.98 Å². The molecule has 0 radical (unpaired) electrons. The van der Waals surface area contributed by atoms with Gasteiger partial charge in [-0.05, 0) is 31.7 Å². The number of hydrogen-bond donors (Lipinski definition) is 2. The van der Waals surface area contributed by atoms with Gasteiger partial charge >= 0.3 is 5.69 Å². The van der Waals surface area contributed by atoms with E-state index in [0.717, 1.165) is 6.42 Å². The van der Waals surface area contributed by atoms with Crippen LogP contribution in [0.3, 0.4) is 0 Å². The van der Waals surface area contributed by atoms with E-state index >= 15 is 0 Å². The molecule has 0 fully saturated rings. The molecule has 19 heavy (non-hydrogen) atoms. The average molecular weight is 267 g/mol. The van der Waals surface area contributed by atoms with E-state index in [1.54, 1.807) is 6.92 Å². The normalized spacial score (nSPS) is 14.2. The van der Waals surface area contributed by atoms with Crippen molar-refractivity contribution in [3.8, 4) is 0 Å². The zero-order valence-corrected chi connectivity index (χ0v) is 11.6. The summed E-state index contributed by atoms with van der Waals surface area (Å²) < 4.78 is 0. The van der Waals surface area contributed by atoms with Gasteiger partial charge in [0.25, 0.3) is 0 Å². The molecule has 0 aliphatic carbocycles. The maximum Gasteiger partial charge on any atom is 0.311 e. The monoisotopic (exact) mass is 267 g/mol. The first kappa shape index (κ1) is 15.4. The van der Waals surface area contributed by atoms with Gasteiger partial charge < -0.3 is 10.4 Å². The van der Waals surface area contributed by atoms with Crippen molar-refractivity contribution >= 4 is 11.5 Å². The predicted octanol–water partition coefficient (Wildman–Crippen LogP) is 2.59. The van der Waals surface area contributed by atoms with Gasteiger partial charge in [-0.3, -0.25) is 10.1 Å². The van der Waals surface area contributed by atoms with Crippen molar-refractivity contribution in [3.05, 3.63) is 28.4 Å². The first-order valence-electron chi connectivity index (χ1n) is 6.37. The van der Waals surface area contributed by atoms with E-state index in [0.29, 0.717) is 12.3 Å². The highest BCUT2D eigenvalue weighted by atomic mass is 16.6. The minimum atomic E-state index is -0.907. The van der Waals surface area contributed by atoms with Crippen molar-refractivity contribution in [2.24, 2.45) is 5.92 Å². The van der Waals surface area contributed by atoms with Crippen molar-refractivity contribution in [2.45, 2.75) is 39.2 Å². The van der Waals surface area contributed by atoms with Crippen LogP contribution in [0.25, 0.3) is 0 Å². The molecule has 0 aromatic carbocycles. The molecule has 0 aliphatic heterocycles. The minimum Gasteiger partial charge on any atom is -0.388 e. The van der Waals surface area contributed by atoms with E-state index in [-0.39, 0.29) is 18.1 Å². The topological polar surface area (TPSA) is 88.3 Å². The van der Waals surface area contributed by atoms with Crippen molar-refractivity contribution in [1.82, 2.24) is 4.98 Å². The summed E-state index contributed by atoms with van der Waals surface area (Å²) in [5.41, 5.74) is -0.988. The Balaban J connectivity index is 2.63. The maximum absolute atomic E-state index is 10.8. The van der Waals surface area contributed by atoms with Gasteiger partial charge in [0.15, 0.2) is 0 Å². The fraction of sp³-hybridized carbons (Fsp3) is 0.615. The number of nitrogens with one attached hydrogen (secondary N) is 1. The average Bonchev–Trinajstić information content (AvgIpc) is 2.34. The number of pyridine rings is 1. The lowest BCUT2D eigenvalue weighted by Crippen LogP contribution is -2.34. The van der Waals surface area contributed by atoms with Crippen molar-refractivity contribution in [2.75, 3.05) is 11.9 Å². The lowest BCUT2D eigenvalue weighted by molar-refractivity contribution is -0.384. The molecule has 0 saturated carbocycles. The smallest absolute Gasteiger partial charge is 0.311 e. The zero-order valence-electron chi connectivity index (χ0n) is 11.6. The lowest BCUT2D eigenvalue weighted by Gasteiger charge is -2.24. The Kier molecular flexibility index (Phi) is 5.23. The zero-order chi connectivity index (χ0) is 14.5. The number of anilines is 1. The van der Waals surface area contributed by atoms with Crippen molar-refractivity contribution in [3.63, 3.8) is 0 Å². The molecule has 6 nitrogen and oxygen atoms in total. The highest BCUT2D eigenvalue weighted by Crippen LogP contribution is 2.22. The standard InChI is InChI=1S/C13H21N3O3/c1-10(2)6-7-13(3,17)9-15-12-11(16(18)19)5-4-8-14-12/h4-5,8,10,17H,6-7,9H2,1-3H3,(H,14,15). The molecule has 6 heteroatoms. The summed E-state index contributed by atoms with van der Waals surface area (Å²) in [6, 6.07) is 2.90. The SMILES string of the molecule is CC(C)CCC(C)(O)CNc1ncccc1[N+](=O)[O-]. The van der Waals surface area contributed by atoms with Crippen LogP contribution in [0.2, 0.25) is 0 Å². The first-order valence-corrected chi connectivity index (χ1v) is 6.37. The summed E-state index contributed by atoms with van der Waals surface area (Å²) >= 11 is 0. The second-order valence-corrected chi connectivity index (χ2v) is 5.41. The number of hydrogen-bond acceptors (Lipinski definition) is 5. The second-order valence-electron chi connectivity index (χ2n) is 5.41. The lowest BCUT2D eigenvalue weighted by atomic mass is 9.95. The van der Waals surface area contributed by atoms with E-state index in [2.05, 4.69) is 24.1 Å². The van der Waals surface area contributed by atoms with Crippen LogP contribution in [0.15, 0.2) is 18.3 Å². The van der Waals surface area contributed by atoms with E-state index in [4.69, 9.17) is 0 Å². The summed E-state index contributed by atoms with van der Waals surface area (Å²) in [5, 5.41) is 23.9. The third kappa shape index (κ3) is 5.21. The molecule has 0 saturated heterocycles. The van der Waals surface area contributed by atoms with Gasteiger partial charge in [-0.2, -0.15) is 0 Å². The van der Waals surface area contributed by atoms with Crippen LogP contribution in [0.5, 0.6) is 0 Å². The van der Waals surface area contributed by atoms with E-state index < -0.39 is 10.5 Å². The molecule has 1 aromatic rings. The van der Waals surface area contributed by atoms with Crippen LogP contribution in [0.1, 0.15) is 33.6 Å². The molecule has 0 amide bonds. The van der Waals surface area contributed by atoms with Crippen LogP contribution in [-0.4, -0.2) is 27.2 Å². The van der Waals surface area contributed by atoms with E-state index in [9.17, 15) is 15.2 Å². The summed E-state index contributed by atoms with van der Waals surface area (Å²) in [4.78, 5) is 14.3. The van der Waals surface area contributed by atoms with Gasteiger partial charge in [-0.1, -0.05) is 13.8 Å². The molecular weight excluding hydrogens is 246 g/mol. The van der Waals surface area contributed by atoms with Crippen LogP contribution < -0.4 is 5.32 Å². The third-order valence-corrected chi connectivity index (χ3v) is 2.88. The summed E-state index contributed by atoms with van der Waals surface area (Å²) in [6.45, 7) is 6.13. The van der Waals surface area contributed by atoms with E-state index in [1.807, 2.05) is 0 Å². The van der Waals surface area contributed by atoms with Crippen molar-refractivity contribution in [1.29, 1.82) is 0 Å². The molecule has 0 spiro atoms. The molecule has 1 rings (SSSR count).